The molecule has 1 aliphatic heterocycles. The molecule has 6 nitrogen and oxygen atoms in total. The summed E-state index contributed by atoms with van der Waals surface area (Å²) in [7, 11) is 1.82. The first-order valence-electron chi connectivity index (χ1n) is 8.16. The van der Waals surface area contributed by atoms with Crippen molar-refractivity contribution in [3.63, 3.8) is 0 Å². The zero-order valence-corrected chi connectivity index (χ0v) is 13.9. The summed E-state index contributed by atoms with van der Waals surface area (Å²) in [4.78, 5) is 24.8. The maximum atomic E-state index is 12.6. The van der Waals surface area contributed by atoms with E-state index in [0.717, 1.165) is 25.2 Å². The summed E-state index contributed by atoms with van der Waals surface area (Å²) in [5.41, 5.74) is 2.77. The van der Waals surface area contributed by atoms with Gasteiger partial charge < -0.3 is 14.5 Å². The van der Waals surface area contributed by atoms with Gasteiger partial charge in [0.1, 0.15) is 0 Å². The number of pyridine rings is 2. The van der Waals surface area contributed by atoms with Crippen LogP contribution in [0.2, 0.25) is 0 Å². The Morgan fingerprint density at radius 2 is 1.96 bits per heavy atom. The molecule has 2 aromatic heterocycles. The van der Waals surface area contributed by atoms with Gasteiger partial charge in [0.15, 0.2) is 0 Å². The maximum absolute atomic E-state index is 12.6. The third-order valence-corrected chi connectivity index (χ3v) is 4.18. The number of hydrogen-bond donors (Lipinski definition) is 0. The van der Waals surface area contributed by atoms with E-state index in [4.69, 9.17) is 4.74 Å². The van der Waals surface area contributed by atoms with Crippen LogP contribution in [0.4, 0.5) is 5.69 Å². The molecule has 0 atom stereocenters. The zero-order chi connectivity index (χ0) is 16.8. The molecule has 0 unspecified atom stereocenters. The Labute approximate surface area is 142 Å². The molecule has 0 radical (unpaired) electrons. The lowest BCUT2D eigenvalue weighted by molar-refractivity contribution is 0.0796. The van der Waals surface area contributed by atoms with E-state index in [-0.39, 0.29) is 5.91 Å². The zero-order valence-electron chi connectivity index (χ0n) is 13.9. The van der Waals surface area contributed by atoms with Gasteiger partial charge in [-0.25, -0.2) is 0 Å². The van der Waals surface area contributed by atoms with Gasteiger partial charge in [-0.2, -0.15) is 0 Å². The predicted octanol–water partition coefficient (Wildman–Crippen LogP) is 1.63. The number of rotatable bonds is 5. The van der Waals surface area contributed by atoms with E-state index in [1.165, 1.54) is 5.56 Å². The van der Waals surface area contributed by atoms with Crippen molar-refractivity contribution in [3.8, 4) is 0 Å². The molecule has 1 aliphatic rings. The fourth-order valence-corrected chi connectivity index (χ4v) is 2.71. The topological polar surface area (TPSA) is 58.6 Å². The van der Waals surface area contributed by atoms with Gasteiger partial charge in [0, 0.05) is 45.3 Å². The second-order valence-electron chi connectivity index (χ2n) is 5.86. The molecular formula is C18H22N4O2. The average Bonchev–Trinajstić information content (AvgIpc) is 2.67. The van der Waals surface area contributed by atoms with Crippen molar-refractivity contribution < 1.29 is 9.53 Å². The van der Waals surface area contributed by atoms with Crippen LogP contribution in [-0.4, -0.2) is 60.7 Å². The van der Waals surface area contributed by atoms with Crippen LogP contribution >= 0.6 is 0 Å². The van der Waals surface area contributed by atoms with Crippen LogP contribution in [0.1, 0.15) is 15.9 Å². The van der Waals surface area contributed by atoms with E-state index in [9.17, 15) is 4.79 Å². The number of amides is 1. The summed E-state index contributed by atoms with van der Waals surface area (Å²) < 4.78 is 5.37. The minimum Gasteiger partial charge on any atom is -0.378 e. The van der Waals surface area contributed by atoms with Crippen LogP contribution in [0.25, 0.3) is 0 Å². The van der Waals surface area contributed by atoms with Gasteiger partial charge in [-0.1, -0.05) is 0 Å². The molecular weight excluding hydrogens is 304 g/mol. The Bertz CT molecular complexity index is 672. The number of anilines is 1. The second kappa shape index (κ2) is 7.88. The first-order valence-corrected chi connectivity index (χ1v) is 8.16. The van der Waals surface area contributed by atoms with Gasteiger partial charge in [-0.15, -0.1) is 0 Å². The molecule has 1 amide bonds. The Morgan fingerprint density at radius 3 is 2.71 bits per heavy atom. The van der Waals surface area contributed by atoms with Crippen molar-refractivity contribution in [1.29, 1.82) is 0 Å². The molecule has 0 saturated carbocycles. The van der Waals surface area contributed by atoms with Crippen LogP contribution in [0.3, 0.4) is 0 Å². The van der Waals surface area contributed by atoms with Crippen molar-refractivity contribution in [2.75, 3.05) is 44.8 Å². The van der Waals surface area contributed by atoms with Crippen LogP contribution in [-0.2, 0) is 11.2 Å². The first kappa shape index (κ1) is 16.4. The standard InChI is InChI=1S/C18H22N4O2/c1-21(7-4-15-2-5-19-6-3-15)18(23)16-12-17(14-20-13-16)22-8-10-24-11-9-22/h2-3,5-6,12-14H,4,7-11H2,1H3. The van der Waals surface area contributed by atoms with Crippen molar-refractivity contribution in [3.05, 3.63) is 54.1 Å². The smallest absolute Gasteiger partial charge is 0.255 e. The molecule has 126 valence electrons. The lowest BCUT2D eigenvalue weighted by Gasteiger charge is -2.28. The highest BCUT2D eigenvalue weighted by Gasteiger charge is 2.16. The van der Waals surface area contributed by atoms with Gasteiger partial charge in [0.2, 0.25) is 0 Å². The molecule has 6 heteroatoms. The third-order valence-electron chi connectivity index (χ3n) is 4.18. The van der Waals surface area contributed by atoms with E-state index in [2.05, 4.69) is 14.9 Å². The minimum absolute atomic E-state index is 0.00772. The van der Waals surface area contributed by atoms with Crippen LogP contribution in [0.5, 0.6) is 0 Å². The first-order chi connectivity index (χ1) is 11.7. The Balaban J connectivity index is 1.63. The lowest BCUT2D eigenvalue weighted by atomic mass is 10.1. The SMILES string of the molecule is CN(CCc1ccncc1)C(=O)c1cncc(N2CCOCC2)c1. The number of nitrogens with zero attached hydrogens (tertiary/aromatic N) is 4. The fourth-order valence-electron chi connectivity index (χ4n) is 2.71. The number of morpholine rings is 1. The highest BCUT2D eigenvalue weighted by Crippen LogP contribution is 2.17. The van der Waals surface area contributed by atoms with Crippen LogP contribution in [0, 0.1) is 0 Å². The van der Waals surface area contributed by atoms with Gasteiger partial charge in [0.25, 0.3) is 5.91 Å². The van der Waals surface area contributed by atoms with Crippen molar-refractivity contribution in [2.24, 2.45) is 0 Å². The minimum atomic E-state index is -0.00772. The molecule has 3 rings (SSSR count). The maximum Gasteiger partial charge on any atom is 0.255 e. The molecule has 1 fully saturated rings. The molecule has 0 N–H and O–H groups in total. The Morgan fingerprint density at radius 1 is 1.21 bits per heavy atom. The number of ether oxygens (including phenoxy) is 1. The van der Waals surface area contributed by atoms with E-state index in [1.807, 2.05) is 25.2 Å². The summed E-state index contributed by atoms with van der Waals surface area (Å²) in [6.45, 7) is 3.74. The molecule has 0 aliphatic carbocycles. The van der Waals surface area contributed by atoms with Crippen LogP contribution < -0.4 is 4.90 Å². The number of hydrogen-bond acceptors (Lipinski definition) is 5. The molecule has 0 spiro atoms. The summed E-state index contributed by atoms with van der Waals surface area (Å²) in [6.07, 6.45) is 7.79. The summed E-state index contributed by atoms with van der Waals surface area (Å²) in [5.74, 6) is -0.00772. The second-order valence-corrected chi connectivity index (χ2v) is 5.86. The lowest BCUT2D eigenvalue weighted by Crippen LogP contribution is -2.36. The molecule has 0 aromatic carbocycles. The number of aromatic nitrogens is 2. The molecule has 2 aromatic rings. The normalized spacial score (nSPS) is 14.5. The van der Waals surface area contributed by atoms with Gasteiger partial charge >= 0.3 is 0 Å². The van der Waals surface area contributed by atoms with Gasteiger partial charge in [-0.05, 0) is 30.2 Å². The van der Waals surface area contributed by atoms with Crippen molar-refractivity contribution in [2.45, 2.75) is 6.42 Å². The van der Waals surface area contributed by atoms with Crippen LogP contribution in [0.15, 0.2) is 43.0 Å². The molecule has 0 bridgehead atoms. The van der Waals surface area contributed by atoms with E-state index < -0.39 is 0 Å². The highest BCUT2D eigenvalue weighted by atomic mass is 16.5. The third kappa shape index (κ3) is 4.08. The quantitative estimate of drug-likeness (QED) is 0.836. The molecule has 24 heavy (non-hydrogen) atoms. The monoisotopic (exact) mass is 326 g/mol. The fraction of sp³-hybridized carbons (Fsp3) is 0.389. The van der Waals surface area contributed by atoms with Gasteiger partial charge in [0.05, 0.1) is 30.7 Å². The number of carbonyl (C=O) groups is 1. The Hall–Kier alpha value is -2.47. The number of likely N-dealkylation sites (N-methyl/N-ethyl adjacent to an activating group) is 1. The predicted molar refractivity (Wildman–Crippen MR) is 92.2 cm³/mol. The van der Waals surface area contributed by atoms with E-state index in [0.29, 0.717) is 25.3 Å². The molecule has 1 saturated heterocycles. The van der Waals surface area contributed by atoms with E-state index >= 15 is 0 Å². The summed E-state index contributed by atoms with van der Waals surface area (Å²) >= 11 is 0. The van der Waals surface area contributed by atoms with Crippen molar-refractivity contribution >= 4 is 11.6 Å². The summed E-state index contributed by atoms with van der Waals surface area (Å²) in [5, 5.41) is 0. The van der Waals surface area contributed by atoms with E-state index in [1.54, 1.807) is 29.7 Å². The highest BCUT2D eigenvalue weighted by molar-refractivity contribution is 5.94. The van der Waals surface area contributed by atoms with Gasteiger partial charge in [-0.3, -0.25) is 14.8 Å². The Kier molecular flexibility index (Phi) is 5.38. The largest absolute Gasteiger partial charge is 0.378 e. The number of carbonyl (C=O) groups excluding carboxylic acids is 1. The molecule has 3 heterocycles. The van der Waals surface area contributed by atoms with Crippen molar-refractivity contribution in [1.82, 2.24) is 14.9 Å². The summed E-state index contributed by atoms with van der Waals surface area (Å²) in [6, 6.07) is 5.86. The average molecular weight is 326 g/mol.